The standard InChI is InChI=1S/C26H21N5O11S4/c1-3-44(35,36)18-8-6-17(7-9-18)28-31-25-22(46(40,41)42)13-16-5-11-20(26(32)23(16)24(25)27)30-29-19-10-4-15(14(2)43(33)34)12-21(19)45(37,38)39/h3-13,32H,1-2,27H2,(H,33,34)(H,37,38,39)(H,40,41,42). The lowest BCUT2D eigenvalue weighted by molar-refractivity contribution is 0.480. The lowest BCUT2D eigenvalue weighted by Gasteiger charge is -2.12. The number of nitrogens with zero attached hydrogens (tertiary/aromatic N) is 4. The number of benzene rings is 4. The SMILES string of the molecule is C=CS(=O)(=O)c1ccc(N=Nc2c(S(=O)(=O)O)cc3ccc(N=Nc4ccc(C(=C)S(=O)O)cc4S(=O)(=O)O)c(O)c3c2N)cc1. The average Bonchev–Trinajstić information content (AvgIpc) is 2.98. The fourth-order valence-corrected chi connectivity index (χ4v) is 6.29. The van der Waals surface area contributed by atoms with Gasteiger partial charge in [0.1, 0.15) is 26.9 Å². The molecule has 0 radical (unpaired) electrons. The predicted octanol–water partition coefficient (Wildman–Crippen LogP) is 5.56. The lowest BCUT2D eigenvalue weighted by atomic mass is 10.1. The molecule has 0 aliphatic heterocycles. The Balaban J connectivity index is 1.84. The fourth-order valence-electron chi connectivity index (χ4n) is 3.93. The van der Waals surface area contributed by atoms with Crippen LogP contribution in [0.4, 0.5) is 28.4 Å². The number of hydrogen-bond acceptors (Lipinski definition) is 13. The van der Waals surface area contributed by atoms with Gasteiger partial charge in [-0.05, 0) is 59.5 Å². The van der Waals surface area contributed by atoms with Gasteiger partial charge >= 0.3 is 0 Å². The molecule has 0 aliphatic carbocycles. The third kappa shape index (κ3) is 7.07. The van der Waals surface area contributed by atoms with Gasteiger partial charge in [-0.1, -0.05) is 25.3 Å². The van der Waals surface area contributed by atoms with Crippen LogP contribution in [0.3, 0.4) is 0 Å². The topological polar surface area (TPSA) is 276 Å². The number of azo groups is 2. The minimum atomic E-state index is -4.95. The quantitative estimate of drug-likeness (QED) is 0.0586. The van der Waals surface area contributed by atoms with Crippen LogP contribution in [0, 0.1) is 0 Å². The van der Waals surface area contributed by atoms with E-state index < -0.39 is 73.8 Å². The van der Waals surface area contributed by atoms with E-state index in [9.17, 15) is 48.2 Å². The van der Waals surface area contributed by atoms with Crippen LogP contribution in [0.1, 0.15) is 5.56 Å². The zero-order valence-corrected chi connectivity index (χ0v) is 26.2. The van der Waals surface area contributed by atoms with Gasteiger partial charge in [-0.3, -0.25) is 9.11 Å². The van der Waals surface area contributed by atoms with Crippen LogP contribution in [0.15, 0.2) is 114 Å². The Bertz CT molecular complexity index is 2360. The first-order chi connectivity index (χ1) is 21.3. The maximum absolute atomic E-state index is 12.2. The van der Waals surface area contributed by atoms with Crippen LogP contribution >= 0.6 is 0 Å². The second-order valence-corrected chi connectivity index (χ2v) is 14.7. The van der Waals surface area contributed by atoms with E-state index in [2.05, 4.69) is 33.6 Å². The highest BCUT2D eigenvalue weighted by Gasteiger charge is 2.24. The van der Waals surface area contributed by atoms with Crippen molar-refractivity contribution < 1.29 is 48.2 Å². The van der Waals surface area contributed by atoms with Gasteiger partial charge in [0, 0.05) is 5.41 Å². The molecule has 16 nitrogen and oxygen atoms in total. The number of nitrogen functional groups attached to an aromatic ring is 1. The molecule has 0 aromatic heterocycles. The van der Waals surface area contributed by atoms with Crippen molar-refractivity contribution in [2.24, 2.45) is 20.5 Å². The first-order valence-corrected chi connectivity index (χ1v) is 17.7. The summed E-state index contributed by atoms with van der Waals surface area (Å²) in [6.45, 7) is 6.61. The lowest BCUT2D eigenvalue weighted by Crippen LogP contribution is -2.01. The largest absolute Gasteiger partial charge is 0.505 e. The van der Waals surface area contributed by atoms with Crippen LogP contribution in [0.25, 0.3) is 15.7 Å². The van der Waals surface area contributed by atoms with Crippen LogP contribution in [-0.2, 0) is 41.2 Å². The van der Waals surface area contributed by atoms with Crippen molar-refractivity contribution in [2.75, 3.05) is 5.73 Å². The molecule has 0 heterocycles. The van der Waals surface area contributed by atoms with E-state index in [0.29, 0.717) is 0 Å². The molecule has 240 valence electrons. The molecule has 4 aromatic carbocycles. The van der Waals surface area contributed by atoms with Gasteiger partial charge in [0.25, 0.3) is 20.2 Å². The Hall–Kier alpha value is -4.70. The molecule has 4 aromatic rings. The second-order valence-electron chi connectivity index (χ2n) is 9.08. The van der Waals surface area contributed by atoms with Crippen LogP contribution in [0.5, 0.6) is 5.75 Å². The molecule has 0 fully saturated rings. The van der Waals surface area contributed by atoms with Crippen molar-refractivity contribution in [1.29, 1.82) is 0 Å². The smallest absolute Gasteiger partial charge is 0.296 e. The molecule has 0 aliphatic rings. The number of sulfone groups is 1. The summed E-state index contributed by atoms with van der Waals surface area (Å²) in [5, 5.41) is 26.8. The number of rotatable bonds is 10. The van der Waals surface area contributed by atoms with Crippen molar-refractivity contribution in [2.45, 2.75) is 14.7 Å². The number of anilines is 1. The number of phenols is 1. The summed E-state index contributed by atoms with van der Waals surface area (Å²) in [7, 11) is -13.6. The summed E-state index contributed by atoms with van der Waals surface area (Å²) >= 11 is -2.54. The Morgan fingerprint density at radius 3 is 1.96 bits per heavy atom. The summed E-state index contributed by atoms with van der Waals surface area (Å²) in [5.41, 5.74) is 4.34. The predicted molar refractivity (Wildman–Crippen MR) is 168 cm³/mol. The normalized spacial score (nSPS) is 13.4. The molecule has 0 saturated carbocycles. The maximum Gasteiger partial charge on any atom is 0.296 e. The Morgan fingerprint density at radius 2 is 1.39 bits per heavy atom. The Labute approximate surface area is 264 Å². The summed E-state index contributed by atoms with van der Waals surface area (Å²) < 4.78 is 112. The van der Waals surface area contributed by atoms with Crippen molar-refractivity contribution in [3.63, 3.8) is 0 Å². The molecular formula is C26H21N5O11S4. The molecule has 6 N–H and O–H groups in total. The Kier molecular flexibility index (Phi) is 9.36. The second kappa shape index (κ2) is 12.6. The van der Waals surface area contributed by atoms with E-state index in [1.165, 1.54) is 36.4 Å². The molecular weight excluding hydrogens is 687 g/mol. The molecule has 4 rings (SSSR count). The number of aromatic hydroxyl groups is 1. The van der Waals surface area contributed by atoms with Crippen molar-refractivity contribution >= 4 is 85.3 Å². The monoisotopic (exact) mass is 707 g/mol. The fraction of sp³-hybridized carbons (Fsp3) is 0. The van der Waals surface area contributed by atoms with Gasteiger partial charge in [0.05, 0.1) is 26.6 Å². The molecule has 1 unspecified atom stereocenters. The zero-order chi connectivity index (χ0) is 34.2. The summed E-state index contributed by atoms with van der Waals surface area (Å²) in [5.74, 6) is -0.676. The molecule has 1 atom stereocenters. The summed E-state index contributed by atoms with van der Waals surface area (Å²) in [6.07, 6.45) is 0. The van der Waals surface area contributed by atoms with Crippen molar-refractivity contribution in [3.8, 4) is 5.75 Å². The first-order valence-electron chi connectivity index (χ1n) is 12.1. The van der Waals surface area contributed by atoms with Crippen LogP contribution in [-0.4, -0.2) is 48.2 Å². The first kappa shape index (κ1) is 34.2. The third-order valence-electron chi connectivity index (χ3n) is 6.20. The van der Waals surface area contributed by atoms with Crippen LogP contribution < -0.4 is 5.73 Å². The maximum atomic E-state index is 12.2. The number of fused-ring (bicyclic) bond motifs is 1. The van der Waals surface area contributed by atoms with E-state index in [1.54, 1.807) is 0 Å². The van der Waals surface area contributed by atoms with Crippen molar-refractivity contribution in [3.05, 3.63) is 84.8 Å². The van der Waals surface area contributed by atoms with Crippen LogP contribution in [0.2, 0.25) is 0 Å². The highest BCUT2D eigenvalue weighted by atomic mass is 32.2. The minimum absolute atomic E-state index is 0.00185. The number of hydrogen-bond donors (Lipinski definition) is 5. The van der Waals surface area contributed by atoms with Gasteiger partial charge < -0.3 is 15.4 Å². The Morgan fingerprint density at radius 1 is 0.804 bits per heavy atom. The van der Waals surface area contributed by atoms with Crippen molar-refractivity contribution in [1.82, 2.24) is 0 Å². The number of phenolic OH excluding ortho intramolecular Hbond substituents is 1. The highest BCUT2D eigenvalue weighted by Crippen LogP contribution is 2.45. The molecule has 0 spiro atoms. The summed E-state index contributed by atoms with van der Waals surface area (Å²) in [6, 6.07) is 11.4. The van der Waals surface area contributed by atoms with E-state index in [0.717, 1.165) is 29.7 Å². The molecule has 46 heavy (non-hydrogen) atoms. The molecule has 0 amide bonds. The van der Waals surface area contributed by atoms with Gasteiger partial charge in [-0.2, -0.15) is 21.9 Å². The van der Waals surface area contributed by atoms with E-state index in [-0.39, 0.29) is 37.5 Å². The molecule has 20 heteroatoms. The van der Waals surface area contributed by atoms with E-state index >= 15 is 0 Å². The average molecular weight is 708 g/mol. The summed E-state index contributed by atoms with van der Waals surface area (Å²) in [4.78, 5) is -2.02. The van der Waals surface area contributed by atoms with Gasteiger partial charge in [0.2, 0.25) is 0 Å². The molecule has 0 bridgehead atoms. The molecule has 0 saturated heterocycles. The van der Waals surface area contributed by atoms with Gasteiger partial charge in [-0.15, -0.1) is 15.3 Å². The minimum Gasteiger partial charge on any atom is -0.505 e. The number of nitrogens with two attached hydrogens (primary N) is 1. The van der Waals surface area contributed by atoms with Gasteiger partial charge in [-0.25, -0.2) is 12.6 Å². The van der Waals surface area contributed by atoms with Gasteiger partial charge in [0.15, 0.2) is 26.7 Å². The third-order valence-corrected chi connectivity index (χ3v) is 9.97. The van der Waals surface area contributed by atoms with E-state index in [4.69, 9.17) is 5.73 Å². The van der Waals surface area contributed by atoms with E-state index in [1.807, 2.05) is 0 Å². The zero-order valence-electron chi connectivity index (χ0n) is 22.9. The highest BCUT2D eigenvalue weighted by molar-refractivity contribution is 7.94.